The van der Waals surface area contributed by atoms with Gasteiger partial charge in [0.2, 0.25) is 5.91 Å². The van der Waals surface area contributed by atoms with E-state index in [2.05, 4.69) is 6.07 Å². The molecule has 0 spiro atoms. The molecule has 0 bridgehead atoms. The highest BCUT2D eigenvalue weighted by atomic mass is 16.2. The fourth-order valence-electron chi connectivity index (χ4n) is 2.17. The highest BCUT2D eigenvalue weighted by Gasteiger charge is 2.23. The Kier molecular flexibility index (Phi) is 3.77. The lowest BCUT2D eigenvalue weighted by molar-refractivity contribution is -0.134. The molecule has 1 aliphatic rings. The monoisotopic (exact) mass is 246 g/mol. The quantitative estimate of drug-likeness (QED) is 0.861. The first-order chi connectivity index (χ1) is 8.58. The minimum absolute atomic E-state index is 0.0350. The van der Waals surface area contributed by atoms with E-state index in [1.807, 2.05) is 18.2 Å². The van der Waals surface area contributed by atoms with Crippen LogP contribution in [0.5, 0.6) is 0 Å². The Bertz CT molecular complexity index is 471. The van der Waals surface area contributed by atoms with Crippen molar-refractivity contribution in [2.45, 2.75) is 32.4 Å². The summed E-state index contributed by atoms with van der Waals surface area (Å²) in [6.45, 7) is 2.75. The van der Waals surface area contributed by atoms with Gasteiger partial charge >= 0.3 is 0 Å². The number of rotatable bonds is 3. The van der Waals surface area contributed by atoms with E-state index in [4.69, 9.17) is 5.73 Å². The van der Waals surface area contributed by atoms with Crippen molar-refractivity contribution in [3.8, 4) is 0 Å². The summed E-state index contributed by atoms with van der Waals surface area (Å²) in [5.41, 5.74) is 8.11. The van der Waals surface area contributed by atoms with Gasteiger partial charge in [0.05, 0.1) is 6.04 Å². The Morgan fingerprint density at radius 3 is 2.67 bits per heavy atom. The molecule has 0 aromatic heterocycles. The van der Waals surface area contributed by atoms with Crippen molar-refractivity contribution in [2.75, 3.05) is 6.54 Å². The number of hydrogen-bond acceptors (Lipinski definition) is 3. The Labute approximate surface area is 107 Å². The SMILES string of the molecule is CC(=O)[C@@H](N)CC(=O)N1CCc2ccccc2C1. The zero-order chi connectivity index (χ0) is 13.1. The molecule has 0 radical (unpaired) electrons. The van der Waals surface area contributed by atoms with Crippen molar-refractivity contribution in [1.29, 1.82) is 0 Å². The van der Waals surface area contributed by atoms with E-state index in [9.17, 15) is 9.59 Å². The second kappa shape index (κ2) is 5.31. The molecule has 0 unspecified atom stereocenters. The topological polar surface area (TPSA) is 63.4 Å². The number of ketones is 1. The molecule has 0 saturated carbocycles. The lowest BCUT2D eigenvalue weighted by atomic mass is 9.99. The molecular weight excluding hydrogens is 228 g/mol. The lowest BCUT2D eigenvalue weighted by Crippen LogP contribution is -2.41. The third-order valence-electron chi connectivity index (χ3n) is 3.40. The number of Topliss-reactive ketones (excluding diaryl/α,β-unsaturated/α-hetero) is 1. The van der Waals surface area contributed by atoms with Gasteiger partial charge in [-0.05, 0) is 24.5 Å². The smallest absolute Gasteiger partial charge is 0.224 e. The zero-order valence-electron chi connectivity index (χ0n) is 10.6. The molecule has 1 aliphatic heterocycles. The van der Waals surface area contributed by atoms with Crippen molar-refractivity contribution in [3.63, 3.8) is 0 Å². The predicted octanol–water partition coefficient (Wildman–Crippen LogP) is 0.878. The maximum Gasteiger partial charge on any atom is 0.224 e. The van der Waals surface area contributed by atoms with Gasteiger partial charge in [-0.2, -0.15) is 0 Å². The standard InChI is InChI=1S/C14H18N2O2/c1-10(17)13(15)8-14(18)16-7-6-11-4-2-3-5-12(11)9-16/h2-5,13H,6-9,15H2,1H3/t13-/m0/s1. The maximum atomic E-state index is 12.0. The molecule has 1 heterocycles. The van der Waals surface area contributed by atoms with Crippen molar-refractivity contribution >= 4 is 11.7 Å². The number of fused-ring (bicyclic) bond motifs is 1. The predicted molar refractivity (Wildman–Crippen MR) is 68.8 cm³/mol. The maximum absolute atomic E-state index is 12.0. The summed E-state index contributed by atoms with van der Waals surface area (Å²) >= 11 is 0. The molecular formula is C14H18N2O2. The molecule has 1 aromatic carbocycles. The molecule has 1 atom stereocenters. The van der Waals surface area contributed by atoms with E-state index in [-0.39, 0.29) is 18.1 Å². The van der Waals surface area contributed by atoms with Crippen LogP contribution in [-0.4, -0.2) is 29.2 Å². The second-order valence-corrected chi connectivity index (χ2v) is 4.76. The minimum atomic E-state index is -0.672. The van der Waals surface area contributed by atoms with E-state index in [0.29, 0.717) is 13.1 Å². The van der Waals surface area contributed by atoms with Crippen LogP contribution in [0.4, 0.5) is 0 Å². The summed E-state index contributed by atoms with van der Waals surface area (Å²) in [4.78, 5) is 24.9. The van der Waals surface area contributed by atoms with E-state index in [0.717, 1.165) is 6.42 Å². The van der Waals surface area contributed by atoms with Gasteiger partial charge in [-0.3, -0.25) is 9.59 Å². The van der Waals surface area contributed by atoms with Crippen LogP contribution in [0.15, 0.2) is 24.3 Å². The van der Waals surface area contributed by atoms with E-state index < -0.39 is 6.04 Å². The van der Waals surface area contributed by atoms with Gasteiger partial charge in [-0.15, -0.1) is 0 Å². The van der Waals surface area contributed by atoms with E-state index >= 15 is 0 Å². The minimum Gasteiger partial charge on any atom is -0.338 e. The molecule has 18 heavy (non-hydrogen) atoms. The molecule has 96 valence electrons. The molecule has 0 saturated heterocycles. The Morgan fingerprint density at radius 2 is 2.00 bits per heavy atom. The molecule has 1 aromatic rings. The first-order valence-corrected chi connectivity index (χ1v) is 6.18. The Morgan fingerprint density at radius 1 is 1.33 bits per heavy atom. The highest BCUT2D eigenvalue weighted by Crippen LogP contribution is 2.19. The normalized spacial score (nSPS) is 16.0. The number of nitrogens with zero attached hydrogens (tertiary/aromatic N) is 1. The van der Waals surface area contributed by atoms with Gasteiger partial charge in [-0.25, -0.2) is 0 Å². The zero-order valence-corrected chi connectivity index (χ0v) is 10.6. The van der Waals surface area contributed by atoms with Gasteiger partial charge in [-0.1, -0.05) is 24.3 Å². The van der Waals surface area contributed by atoms with Crippen molar-refractivity contribution in [1.82, 2.24) is 4.90 Å². The van der Waals surface area contributed by atoms with Crippen LogP contribution in [-0.2, 0) is 22.6 Å². The van der Waals surface area contributed by atoms with Crippen LogP contribution in [0.2, 0.25) is 0 Å². The van der Waals surface area contributed by atoms with Gasteiger partial charge in [0.1, 0.15) is 5.78 Å². The summed E-state index contributed by atoms with van der Waals surface area (Å²) < 4.78 is 0. The van der Waals surface area contributed by atoms with Gasteiger partial charge in [0.15, 0.2) is 0 Å². The molecule has 2 rings (SSSR count). The summed E-state index contributed by atoms with van der Waals surface area (Å²) in [7, 11) is 0. The third kappa shape index (κ3) is 2.76. The van der Waals surface area contributed by atoms with Crippen molar-refractivity contribution < 1.29 is 9.59 Å². The molecule has 4 nitrogen and oxygen atoms in total. The number of hydrogen-bond donors (Lipinski definition) is 1. The van der Waals surface area contributed by atoms with Crippen LogP contribution >= 0.6 is 0 Å². The van der Waals surface area contributed by atoms with Crippen LogP contribution in [0.3, 0.4) is 0 Å². The average Bonchev–Trinajstić information content (AvgIpc) is 2.37. The molecule has 0 aliphatic carbocycles. The van der Waals surface area contributed by atoms with Crippen molar-refractivity contribution in [2.24, 2.45) is 5.73 Å². The van der Waals surface area contributed by atoms with E-state index in [1.54, 1.807) is 4.90 Å². The summed E-state index contributed by atoms with van der Waals surface area (Å²) in [6.07, 6.45) is 0.981. The largest absolute Gasteiger partial charge is 0.338 e. The summed E-state index contributed by atoms with van der Waals surface area (Å²) in [6, 6.07) is 7.46. The molecule has 4 heteroatoms. The Hall–Kier alpha value is -1.68. The highest BCUT2D eigenvalue weighted by molar-refractivity contribution is 5.88. The van der Waals surface area contributed by atoms with Gasteiger partial charge < -0.3 is 10.6 Å². The number of benzene rings is 1. The van der Waals surface area contributed by atoms with Crippen molar-refractivity contribution in [3.05, 3.63) is 35.4 Å². The molecule has 2 N–H and O–H groups in total. The second-order valence-electron chi connectivity index (χ2n) is 4.76. The number of amides is 1. The van der Waals surface area contributed by atoms with Gasteiger partial charge in [0.25, 0.3) is 0 Å². The number of carbonyl (C=O) groups excluding carboxylic acids is 2. The number of nitrogens with two attached hydrogens (primary N) is 1. The first kappa shape index (κ1) is 12.8. The Balaban J connectivity index is 2.00. The lowest BCUT2D eigenvalue weighted by Gasteiger charge is -2.29. The van der Waals surface area contributed by atoms with Gasteiger partial charge in [0, 0.05) is 19.5 Å². The van der Waals surface area contributed by atoms with Crippen LogP contribution < -0.4 is 5.73 Å². The fraction of sp³-hybridized carbons (Fsp3) is 0.429. The van der Waals surface area contributed by atoms with Crippen LogP contribution in [0.1, 0.15) is 24.5 Å². The summed E-state index contributed by atoms with van der Waals surface area (Å²) in [5.74, 6) is -0.173. The summed E-state index contributed by atoms with van der Waals surface area (Å²) in [5, 5.41) is 0. The third-order valence-corrected chi connectivity index (χ3v) is 3.40. The molecule has 0 fully saturated rings. The number of carbonyl (C=O) groups is 2. The average molecular weight is 246 g/mol. The fourth-order valence-corrected chi connectivity index (χ4v) is 2.17. The first-order valence-electron chi connectivity index (χ1n) is 6.18. The van der Waals surface area contributed by atoms with E-state index in [1.165, 1.54) is 18.1 Å². The molecule has 1 amide bonds. The van der Waals surface area contributed by atoms with Crippen LogP contribution in [0.25, 0.3) is 0 Å². The van der Waals surface area contributed by atoms with Crippen LogP contribution in [0, 0.1) is 0 Å².